The lowest BCUT2D eigenvalue weighted by molar-refractivity contribution is 0.101. The van der Waals surface area contributed by atoms with E-state index in [1.165, 1.54) is 5.56 Å². The Morgan fingerprint density at radius 3 is 2.41 bits per heavy atom. The van der Waals surface area contributed by atoms with Gasteiger partial charge in [-0.05, 0) is 49.1 Å². The maximum absolute atomic E-state index is 12.9. The lowest BCUT2D eigenvalue weighted by atomic mass is 10.1. The third kappa shape index (κ3) is 3.91. The van der Waals surface area contributed by atoms with Crippen LogP contribution < -0.4 is 5.43 Å². The van der Waals surface area contributed by atoms with Crippen molar-refractivity contribution in [3.05, 3.63) is 76.1 Å². The molecule has 1 heterocycles. The summed E-state index contributed by atoms with van der Waals surface area (Å²) in [6, 6.07) is 15.2. The van der Waals surface area contributed by atoms with Gasteiger partial charge in [-0.2, -0.15) is 0 Å². The highest BCUT2D eigenvalue weighted by Crippen LogP contribution is 2.30. The molecule has 3 aromatic rings. The molecule has 0 aliphatic carbocycles. The molecule has 0 spiro atoms. The molecule has 0 aliphatic rings. The Morgan fingerprint density at radius 2 is 1.81 bits per heavy atom. The number of rotatable bonds is 5. The van der Waals surface area contributed by atoms with Gasteiger partial charge in [-0.25, -0.2) is 9.66 Å². The fourth-order valence-electron chi connectivity index (χ4n) is 3.21. The van der Waals surface area contributed by atoms with Crippen molar-refractivity contribution in [2.45, 2.75) is 40.0 Å². The van der Waals surface area contributed by atoms with E-state index in [1.54, 1.807) is 4.68 Å². The number of benzene rings is 2. The Hall–Kier alpha value is -2.59. The lowest BCUT2D eigenvalue weighted by Gasteiger charge is -2.16. The van der Waals surface area contributed by atoms with E-state index in [0.29, 0.717) is 16.4 Å². The normalized spacial score (nSPS) is 11.0. The molecule has 0 unspecified atom stereocenters. The van der Waals surface area contributed by atoms with Crippen LogP contribution >= 0.6 is 11.6 Å². The Kier molecular flexibility index (Phi) is 5.66. The molecular formula is C22H24ClN3O. The molecule has 0 aliphatic heterocycles. The van der Waals surface area contributed by atoms with E-state index in [9.17, 15) is 4.79 Å². The summed E-state index contributed by atoms with van der Waals surface area (Å²) < 4.78 is 1.78. The molecule has 2 aromatic carbocycles. The lowest BCUT2D eigenvalue weighted by Crippen LogP contribution is -2.26. The van der Waals surface area contributed by atoms with Gasteiger partial charge in [0, 0.05) is 11.1 Å². The van der Waals surface area contributed by atoms with Gasteiger partial charge in [0.05, 0.1) is 16.4 Å². The highest BCUT2D eigenvalue weighted by atomic mass is 35.5. The molecule has 0 atom stereocenters. The maximum atomic E-state index is 12.9. The van der Waals surface area contributed by atoms with Gasteiger partial charge in [-0.3, -0.25) is 10.2 Å². The molecule has 5 heteroatoms. The number of hydrogen-bond donors (Lipinski definition) is 1. The third-order valence-corrected chi connectivity index (χ3v) is 4.93. The van der Waals surface area contributed by atoms with Crippen LogP contribution in [0.15, 0.2) is 48.5 Å². The van der Waals surface area contributed by atoms with E-state index < -0.39 is 0 Å². The summed E-state index contributed by atoms with van der Waals surface area (Å²) in [5, 5.41) is 0.598. The largest absolute Gasteiger partial charge is 0.270 e. The SMILES string of the molecule is CCc1ccc(C(=O)Nn2c(-c3ccccc3Cl)nc(C)c2C(C)C)cc1. The van der Waals surface area contributed by atoms with Gasteiger partial charge < -0.3 is 0 Å². The number of carbonyl (C=O) groups is 1. The molecule has 0 bridgehead atoms. The quantitative estimate of drug-likeness (QED) is 0.626. The van der Waals surface area contributed by atoms with Crippen molar-refractivity contribution in [1.82, 2.24) is 9.66 Å². The number of nitrogens with zero attached hydrogens (tertiary/aromatic N) is 2. The third-order valence-electron chi connectivity index (χ3n) is 4.60. The van der Waals surface area contributed by atoms with E-state index in [2.05, 4.69) is 26.2 Å². The van der Waals surface area contributed by atoms with Crippen molar-refractivity contribution in [3.63, 3.8) is 0 Å². The summed E-state index contributed by atoms with van der Waals surface area (Å²) in [4.78, 5) is 17.6. The summed E-state index contributed by atoms with van der Waals surface area (Å²) in [7, 11) is 0. The molecule has 0 fully saturated rings. The van der Waals surface area contributed by atoms with E-state index in [0.717, 1.165) is 23.4 Å². The average Bonchev–Trinajstić information content (AvgIpc) is 2.98. The van der Waals surface area contributed by atoms with Gasteiger partial charge in [-0.1, -0.05) is 56.6 Å². The number of halogens is 1. The van der Waals surface area contributed by atoms with Crippen LogP contribution in [0.2, 0.25) is 5.02 Å². The molecule has 4 nitrogen and oxygen atoms in total. The van der Waals surface area contributed by atoms with Crippen molar-refractivity contribution < 1.29 is 4.79 Å². The molecule has 1 aromatic heterocycles. The first-order valence-corrected chi connectivity index (χ1v) is 9.54. The second kappa shape index (κ2) is 7.97. The molecule has 0 saturated carbocycles. The summed E-state index contributed by atoms with van der Waals surface area (Å²) >= 11 is 6.39. The number of aromatic nitrogens is 2. The fraction of sp³-hybridized carbons (Fsp3) is 0.273. The Labute approximate surface area is 165 Å². The monoisotopic (exact) mass is 381 g/mol. The molecule has 0 radical (unpaired) electrons. The molecule has 3 rings (SSSR count). The van der Waals surface area contributed by atoms with E-state index in [1.807, 2.05) is 55.5 Å². The summed E-state index contributed by atoms with van der Waals surface area (Å²) in [5.41, 5.74) is 7.45. The molecule has 1 amide bonds. The molecule has 27 heavy (non-hydrogen) atoms. The maximum Gasteiger partial charge on any atom is 0.270 e. The fourth-order valence-corrected chi connectivity index (χ4v) is 3.43. The number of hydrogen-bond acceptors (Lipinski definition) is 2. The van der Waals surface area contributed by atoms with E-state index in [4.69, 9.17) is 16.6 Å². The van der Waals surface area contributed by atoms with Crippen LogP contribution in [0.3, 0.4) is 0 Å². The van der Waals surface area contributed by atoms with Gasteiger partial charge in [0.15, 0.2) is 5.82 Å². The molecule has 0 saturated heterocycles. The zero-order valence-corrected chi connectivity index (χ0v) is 16.8. The summed E-state index contributed by atoms with van der Waals surface area (Å²) in [6.45, 7) is 8.21. The van der Waals surface area contributed by atoms with E-state index >= 15 is 0 Å². The van der Waals surface area contributed by atoms with Crippen LogP contribution in [0.5, 0.6) is 0 Å². The smallest absolute Gasteiger partial charge is 0.267 e. The highest BCUT2D eigenvalue weighted by Gasteiger charge is 2.21. The highest BCUT2D eigenvalue weighted by molar-refractivity contribution is 6.33. The topological polar surface area (TPSA) is 46.9 Å². The van der Waals surface area contributed by atoms with Gasteiger partial charge in [0.1, 0.15) is 0 Å². The van der Waals surface area contributed by atoms with Crippen molar-refractivity contribution in [1.29, 1.82) is 0 Å². The van der Waals surface area contributed by atoms with Gasteiger partial charge in [0.2, 0.25) is 0 Å². The Bertz CT molecular complexity index is 958. The van der Waals surface area contributed by atoms with Gasteiger partial charge >= 0.3 is 0 Å². The van der Waals surface area contributed by atoms with Crippen LogP contribution in [-0.2, 0) is 6.42 Å². The number of carbonyl (C=O) groups excluding carboxylic acids is 1. The van der Waals surface area contributed by atoms with Crippen LogP contribution in [-0.4, -0.2) is 15.6 Å². The molecular weight excluding hydrogens is 358 g/mol. The number of amides is 1. The summed E-state index contributed by atoms with van der Waals surface area (Å²) in [6.07, 6.45) is 0.941. The van der Waals surface area contributed by atoms with Crippen molar-refractivity contribution in [3.8, 4) is 11.4 Å². The molecule has 140 valence electrons. The van der Waals surface area contributed by atoms with Crippen molar-refractivity contribution >= 4 is 17.5 Å². The number of aryl methyl sites for hydroxylation is 2. The predicted molar refractivity (Wildman–Crippen MR) is 111 cm³/mol. The van der Waals surface area contributed by atoms with Gasteiger partial charge in [-0.15, -0.1) is 0 Å². The number of imidazole rings is 1. The second-order valence-corrected chi connectivity index (χ2v) is 7.27. The summed E-state index contributed by atoms with van der Waals surface area (Å²) in [5.74, 6) is 0.655. The zero-order valence-electron chi connectivity index (χ0n) is 16.1. The van der Waals surface area contributed by atoms with Crippen LogP contribution in [0, 0.1) is 6.92 Å². The second-order valence-electron chi connectivity index (χ2n) is 6.87. The predicted octanol–water partition coefficient (Wildman–Crippen LogP) is 5.58. The first-order chi connectivity index (χ1) is 12.9. The van der Waals surface area contributed by atoms with Crippen molar-refractivity contribution in [2.75, 3.05) is 5.43 Å². The minimum atomic E-state index is -0.176. The minimum absolute atomic E-state index is 0.176. The van der Waals surface area contributed by atoms with Crippen LogP contribution in [0.1, 0.15) is 54.0 Å². The zero-order chi connectivity index (χ0) is 19.6. The molecule has 1 N–H and O–H groups in total. The first kappa shape index (κ1) is 19.2. The van der Waals surface area contributed by atoms with Gasteiger partial charge in [0.25, 0.3) is 5.91 Å². The van der Waals surface area contributed by atoms with E-state index in [-0.39, 0.29) is 11.8 Å². The van der Waals surface area contributed by atoms with Crippen LogP contribution in [0.4, 0.5) is 0 Å². The first-order valence-electron chi connectivity index (χ1n) is 9.16. The van der Waals surface area contributed by atoms with Crippen molar-refractivity contribution in [2.24, 2.45) is 0 Å². The minimum Gasteiger partial charge on any atom is -0.267 e. The Balaban J connectivity index is 2.05. The Morgan fingerprint density at radius 1 is 1.15 bits per heavy atom. The average molecular weight is 382 g/mol. The number of nitrogens with one attached hydrogen (secondary N) is 1. The van der Waals surface area contributed by atoms with Crippen LogP contribution in [0.25, 0.3) is 11.4 Å². The standard InChI is InChI=1S/C22H24ClN3O/c1-5-16-10-12-17(13-11-16)22(27)25-26-20(14(2)3)15(4)24-21(26)18-8-6-7-9-19(18)23/h6-14H,5H2,1-4H3,(H,25,27).